The van der Waals surface area contributed by atoms with Crippen molar-refractivity contribution >= 4 is 23.2 Å². The van der Waals surface area contributed by atoms with Gasteiger partial charge < -0.3 is 15.7 Å². The van der Waals surface area contributed by atoms with Gasteiger partial charge in [-0.15, -0.1) is 0 Å². The molecule has 0 aliphatic rings. The van der Waals surface area contributed by atoms with Gasteiger partial charge in [0.05, 0.1) is 11.3 Å². The average Bonchev–Trinajstić information content (AvgIpc) is 2.43. The van der Waals surface area contributed by atoms with E-state index in [0.717, 1.165) is 5.56 Å². The summed E-state index contributed by atoms with van der Waals surface area (Å²) in [6.45, 7) is 0.354. The number of phenolic OH excluding ortho intramolecular Hbond substituents is 1. The van der Waals surface area contributed by atoms with Gasteiger partial charge in [-0.2, -0.15) is 0 Å². The molecule has 0 fully saturated rings. The van der Waals surface area contributed by atoms with Crippen LogP contribution in [-0.4, -0.2) is 23.0 Å². The largest absolute Gasteiger partial charge is 0.505 e. The zero-order valence-electron chi connectivity index (χ0n) is 11.0. The smallest absolute Gasteiger partial charge is 0.257 e. The molecule has 0 unspecified atom stereocenters. The number of carbonyl (C=O) groups is 1. The summed E-state index contributed by atoms with van der Waals surface area (Å²) in [5.74, 6) is -0.502. The van der Waals surface area contributed by atoms with Crippen LogP contribution in [0.3, 0.4) is 0 Å². The van der Waals surface area contributed by atoms with Gasteiger partial charge in [-0.25, -0.2) is 0 Å². The molecule has 0 aliphatic carbocycles. The molecule has 104 valence electrons. The summed E-state index contributed by atoms with van der Waals surface area (Å²) in [6, 6.07) is 12.0. The van der Waals surface area contributed by atoms with Crippen LogP contribution in [-0.2, 0) is 6.54 Å². The van der Waals surface area contributed by atoms with Gasteiger partial charge in [-0.05, 0) is 23.8 Å². The Labute approximate surface area is 122 Å². The molecule has 0 aromatic heterocycles. The fourth-order valence-corrected chi connectivity index (χ4v) is 2.09. The van der Waals surface area contributed by atoms with Gasteiger partial charge >= 0.3 is 0 Å². The Bertz CT molecular complexity index is 644. The lowest BCUT2D eigenvalue weighted by molar-refractivity contribution is 0.0782. The Balaban J connectivity index is 2.21. The number of nitrogens with zero attached hydrogens (tertiary/aromatic N) is 1. The van der Waals surface area contributed by atoms with Gasteiger partial charge in [0.1, 0.15) is 0 Å². The minimum Gasteiger partial charge on any atom is -0.505 e. The van der Waals surface area contributed by atoms with E-state index in [0.29, 0.717) is 11.6 Å². The summed E-state index contributed by atoms with van der Waals surface area (Å²) < 4.78 is 0. The number of nitrogen functional groups attached to an aromatic ring is 1. The van der Waals surface area contributed by atoms with E-state index in [9.17, 15) is 9.90 Å². The van der Waals surface area contributed by atoms with E-state index in [1.165, 1.54) is 11.0 Å². The molecule has 3 N–H and O–H groups in total. The monoisotopic (exact) mass is 290 g/mol. The molecule has 1 amide bonds. The predicted molar refractivity (Wildman–Crippen MR) is 79.8 cm³/mol. The van der Waals surface area contributed by atoms with Crippen molar-refractivity contribution in [3.63, 3.8) is 0 Å². The summed E-state index contributed by atoms with van der Waals surface area (Å²) in [7, 11) is 1.65. The van der Waals surface area contributed by atoms with Crippen molar-refractivity contribution in [3.05, 3.63) is 58.6 Å². The van der Waals surface area contributed by atoms with Crippen LogP contribution in [0.2, 0.25) is 5.02 Å². The number of halogens is 1. The maximum Gasteiger partial charge on any atom is 0.257 e. The van der Waals surface area contributed by atoms with E-state index in [1.54, 1.807) is 25.2 Å². The third-order valence-electron chi connectivity index (χ3n) is 3.01. The highest BCUT2D eigenvalue weighted by Crippen LogP contribution is 2.26. The second-order valence-electron chi connectivity index (χ2n) is 4.50. The number of amides is 1. The summed E-state index contributed by atoms with van der Waals surface area (Å²) in [5, 5.41) is 10.4. The molecule has 0 saturated heterocycles. The van der Waals surface area contributed by atoms with Gasteiger partial charge in [0, 0.05) is 18.6 Å². The zero-order valence-corrected chi connectivity index (χ0v) is 11.8. The van der Waals surface area contributed by atoms with E-state index in [2.05, 4.69) is 0 Å². The van der Waals surface area contributed by atoms with Crippen molar-refractivity contribution < 1.29 is 9.90 Å². The van der Waals surface area contributed by atoms with E-state index < -0.39 is 0 Å². The van der Waals surface area contributed by atoms with Crippen LogP contribution in [0.5, 0.6) is 5.75 Å². The first-order valence-electron chi connectivity index (χ1n) is 6.07. The first kappa shape index (κ1) is 14.2. The normalized spacial score (nSPS) is 10.3. The summed E-state index contributed by atoms with van der Waals surface area (Å²) >= 11 is 6.07. The Morgan fingerprint density at radius 1 is 1.25 bits per heavy atom. The first-order valence-corrected chi connectivity index (χ1v) is 6.45. The predicted octanol–water partition coefficient (Wildman–Crippen LogP) is 2.90. The van der Waals surface area contributed by atoms with Crippen LogP contribution in [0.15, 0.2) is 42.5 Å². The maximum absolute atomic E-state index is 12.3. The van der Waals surface area contributed by atoms with Crippen molar-refractivity contribution in [2.45, 2.75) is 6.54 Å². The molecule has 20 heavy (non-hydrogen) atoms. The number of rotatable bonds is 3. The molecular formula is C15H15ClN2O2. The number of hydrogen-bond donors (Lipinski definition) is 2. The molecule has 0 saturated carbocycles. The first-order chi connectivity index (χ1) is 9.50. The molecule has 0 radical (unpaired) electrons. The van der Waals surface area contributed by atoms with Crippen LogP contribution < -0.4 is 5.73 Å². The second kappa shape index (κ2) is 5.84. The summed E-state index contributed by atoms with van der Waals surface area (Å²) in [5.41, 5.74) is 6.80. The van der Waals surface area contributed by atoms with E-state index in [-0.39, 0.29) is 22.9 Å². The Hall–Kier alpha value is -2.20. The standard InChI is InChI=1S/C15H15ClN2O2/c1-18(9-10-5-2-3-7-12(10)16)15(20)11-6-4-8-13(17)14(11)19/h2-8,19H,9,17H2,1H3. The SMILES string of the molecule is CN(Cc1ccccc1Cl)C(=O)c1cccc(N)c1O. The summed E-state index contributed by atoms with van der Waals surface area (Å²) in [6.07, 6.45) is 0. The molecule has 0 aliphatic heterocycles. The van der Waals surface area contributed by atoms with Crippen LogP contribution in [0.4, 0.5) is 5.69 Å². The molecule has 2 rings (SSSR count). The van der Waals surface area contributed by atoms with Crippen molar-refractivity contribution in [2.75, 3.05) is 12.8 Å². The second-order valence-corrected chi connectivity index (χ2v) is 4.90. The number of phenols is 1. The fraction of sp³-hybridized carbons (Fsp3) is 0.133. The molecule has 0 spiro atoms. The minimum absolute atomic E-state index is 0.180. The Morgan fingerprint density at radius 2 is 1.95 bits per heavy atom. The van der Waals surface area contributed by atoms with Gasteiger partial charge in [0.25, 0.3) is 5.91 Å². The molecule has 2 aromatic rings. The molecule has 2 aromatic carbocycles. The molecule has 4 nitrogen and oxygen atoms in total. The molecular weight excluding hydrogens is 276 g/mol. The van der Waals surface area contributed by atoms with E-state index in [1.807, 2.05) is 18.2 Å². The molecule has 5 heteroatoms. The highest BCUT2D eigenvalue weighted by Gasteiger charge is 2.17. The van der Waals surface area contributed by atoms with Crippen molar-refractivity contribution in [2.24, 2.45) is 0 Å². The summed E-state index contributed by atoms with van der Waals surface area (Å²) in [4.78, 5) is 13.8. The van der Waals surface area contributed by atoms with Gasteiger partial charge in [0.15, 0.2) is 5.75 Å². The third-order valence-corrected chi connectivity index (χ3v) is 3.38. The average molecular weight is 291 g/mol. The molecule has 0 bridgehead atoms. The van der Waals surface area contributed by atoms with Crippen molar-refractivity contribution in [1.29, 1.82) is 0 Å². The van der Waals surface area contributed by atoms with Gasteiger partial charge in [-0.1, -0.05) is 35.9 Å². The number of benzene rings is 2. The van der Waals surface area contributed by atoms with E-state index in [4.69, 9.17) is 17.3 Å². The van der Waals surface area contributed by atoms with Crippen molar-refractivity contribution in [3.8, 4) is 5.75 Å². The molecule has 0 atom stereocenters. The van der Waals surface area contributed by atoms with Crippen LogP contribution >= 0.6 is 11.6 Å². The van der Waals surface area contributed by atoms with Crippen molar-refractivity contribution in [1.82, 2.24) is 4.90 Å². The highest BCUT2D eigenvalue weighted by molar-refractivity contribution is 6.31. The quantitative estimate of drug-likeness (QED) is 0.675. The number of carbonyl (C=O) groups excluding carboxylic acids is 1. The minimum atomic E-state index is -0.310. The number of hydrogen-bond acceptors (Lipinski definition) is 3. The van der Waals surface area contributed by atoms with Gasteiger partial charge in [-0.3, -0.25) is 4.79 Å². The number of nitrogens with two attached hydrogens (primary N) is 1. The number of aromatic hydroxyl groups is 1. The highest BCUT2D eigenvalue weighted by atomic mass is 35.5. The lowest BCUT2D eigenvalue weighted by Gasteiger charge is -2.19. The molecule has 0 heterocycles. The lowest BCUT2D eigenvalue weighted by atomic mass is 10.1. The van der Waals surface area contributed by atoms with Crippen LogP contribution in [0.1, 0.15) is 15.9 Å². The number of para-hydroxylation sites is 1. The fourth-order valence-electron chi connectivity index (χ4n) is 1.89. The van der Waals surface area contributed by atoms with E-state index >= 15 is 0 Å². The van der Waals surface area contributed by atoms with Crippen LogP contribution in [0.25, 0.3) is 0 Å². The Kier molecular flexibility index (Phi) is 4.15. The topological polar surface area (TPSA) is 66.6 Å². The number of anilines is 1. The Morgan fingerprint density at radius 3 is 2.65 bits per heavy atom. The van der Waals surface area contributed by atoms with Crippen LogP contribution in [0, 0.1) is 0 Å². The maximum atomic E-state index is 12.3. The third kappa shape index (κ3) is 2.86. The lowest BCUT2D eigenvalue weighted by Crippen LogP contribution is -2.26. The zero-order chi connectivity index (χ0) is 14.7. The van der Waals surface area contributed by atoms with Gasteiger partial charge in [0.2, 0.25) is 0 Å².